The predicted octanol–water partition coefficient (Wildman–Crippen LogP) is 8.61. The molecule has 9 nitrogen and oxygen atoms in total. The molecule has 2 amide bonds. The van der Waals surface area contributed by atoms with Gasteiger partial charge in [0.05, 0.1) is 23.5 Å². The summed E-state index contributed by atoms with van der Waals surface area (Å²) >= 11 is 4.50. The summed E-state index contributed by atoms with van der Waals surface area (Å²) in [6, 6.07) is -0.835. The SMILES string of the molecule is C=C(NC(C)CC(C)/C=C\C(O)=C/CC)/C(=C/S)N=C(C)C(CC(C(C)C)N(CCC)C(=O)[C@@H](NC(=O)[C@H]1CCCCN1C)C(C)CC)OCCC. The lowest BCUT2D eigenvalue weighted by Crippen LogP contribution is -2.59. The number of aliphatic hydroxyl groups excluding tert-OH is 1. The molecule has 0 aromatic heterocycles. The highest BCUT2D eigenvalue weighted by molar-refractivity contribution is 7.83. The van der Waals surface area contributed by atoms with E-state index < -0.39 is 6.04 Å². The monoisotopic (exact) mass is 746 g/mol. The largest absolute Gasteiger partial charge is 0.508 e. The second kappa shape index (κ2) is 25.5. The number of amides is 2. The van der Waals surface area contributed by atoms with Crippen LogP contribution in [0.15, 0.2) is 52.4 Å². The summed E-state index contributed by atoms with van der Waals surface area (Å²) in [6.45, 7) is 27.2. The van der Waals surface area contributed by atoms with Crippen molar-refractivity contribution in [1.82, 2.24) is 20.4 Å². The minimum Gasteiger partial charge on any atom is -0.508 e. The number of likely N-dealkylation sites (N-methyl/N-ethyl adjacent to an activating group) is 1. The Morgan fingerprint density at radius 1 is 1.08 bits per heavy atom. The van der Waals surface area contributed by atoms with Gasteiger partial charge in [-0.25, -0.2) is 0 Å². The number of likely N-dealkylation sites (tertiary alicyclic amines) is 1. The number of aliphatic imine (C=N–C) groups is 1. The molecule has 0 saturated carbocycles. The van der Waals surface area contributed by atoms with Crippen LogP contribution in [0.2, 0.25) is 0 Å². The van der Waals surface area contributed by atoms with Gasteiger partial charge in [-0.2, -0.15) is 0 Å². The Kier molecular flexibility index (Phi) is 23.2. The number of aliphatic hydroxyl groups is 1. The lowest BCUT2D eigenvalue weighted by molar-refractivity contribution is -0.142. The van der Waals surface area contributed by atoms with E-state index in [2.05, 4.69) is 90.1 Å². The average molecular weight is 746 g/mol. The molecule has 0 aromatic carbocycles. The Morgan fingerprint density at radius 2 is 1.77 bits per heavy atom. The Bertz CT molecular complexity index is 1210. The lowest BCUT2D eigenvalue weighted by atomic mass is 9.91. The van der Waals surface area contributed by atoms with E-state index in [9.17, 15) is 14.7 Å². The number of thiol groups is 1. The third kappa shape index (κ3) is 16.2. The summed E-state index contributed by atoms with van der Waals surface area (Å²) in [5.41, 5.74) is 2.08. The molecule has 10 heteroatoms. The third-order valence-electron chi connectivity index (χ3n) is 10.1. The maximum atomic E-state index is 14.6. The maximum Gasteiger partial charge on any atom is 0.245 e. The van der Waals surface area contributed by atoms with Crippen molar-refractivity contribution in [3.63, 3.8) is 0 Å². The quantitative estimate of drug-likeness (QED) is 0.0342. The Labute approximate surface area is 323 Å². The van der Waals surface area contributed by atoms with Crippen LogP contribution < -0.4 is 10.6 Å². The zero-order valence-electron chi connectivity index (χ0n) is 34.6. The standard InChI is InChI=1S/C42H75N5O4S/c1-13-19-35(48)22-21-30(7)26-32(9)43-33(10)36(28-52)44-34(11)39(51-25-15-3)27-38(29(5)6)47(23-14-2)42(50)40(31(8)16-4)45-41(49)37-20-17-18-24-46(37)12/h19,21-22,28-32,37-40,43,48,52H,10,13-18,20,23-27H2,1-9,11-12H3,(H,45,49)/b22-21-,35-19+,36-28-,44-34?/t30?,31?,32?,37-,38?,39?,40+/m1/s1. The van der Waals surface area contributed by atoms with Crippen molar-refractivity contribution < 1.29 is 19.4 Å². The normalized spacial score (nSPS) is 19.9. The van der Waals surface area contributed by atoms with Crippen LogP contribution in [0, 0.1) is 17.8 Å². The highest BCUT2D eigenvalue weighted by Crippen LogP contribution is 2.25. The number of ether oxygens (including phenoxy) is 1. The van der Waals surface area contributed by atoms with Crippen molar-refractivity contribution in [2.75, 3.05) is 26.7 Å². The number of hydrogen-bond donors (Lipinski definition) is 4. The molecule has 1 rings (SSSR count). The van der Waals surface area contributed by atoms with Crippen molar-refractivity contribution in [3.05, 3.63) is 47.4 Å². The molecule has 1 saturated heterocycles. The van der Waals surface area contributed by atoms with Crippen LogP contribution >= 0.6 is 12.6 Å². The van der Waals surface area contributed by atoms with Gasteiger partial charge in [-0.05, 0) is 108 Å². The van der Waals surface area contributed by atoms with Gasteiger partial charge in [-0.1, -0.05) is 80.9 Å². The fourth-order valence-corrected chi connectivity index (χ4v) is 7.05. The molecule has 1 aliphatic heterocycles. The van der Waals surface area contributed by atoms with Gasteiger partial charge in [0, 0.05) is 30.9 Å². The van der Waals surface area contributed by atoms with Crippen molar-refractivity contribution in [1.29, 1.82) is 0 Å². The van der Waals surface area contributed by atoms with E-state index in [0.717, 1.165) is 63.6 Å². The van der Waals surface area contributed by atoms with Gasteiger partial charge in [-0.15, -0.1) is 12.6 Å². The predicted molar refractivity (Wildman–Crippen MR) is 223 cm³/mol. The molecule has 7 atom stereocenters. The molecule has 0 spiro atoms. The number of piperidine rings is 1. The van der Waals surface area contributed by atoms with Crippen molar-refractivity contribution in [3.8, 4) is 0 Å². The number of carbonyl (C=O) groups is 2. The highest BCUT2D eigenvalue weighted by Gasteiger charge is 2.37. The Morgan fingerprint density at radius 3 is 2.33 bits per heavy atom. The molecule has 52 heavy (non-hydrogen) atoms. The van der Waals surface area contributed by atoms with Gasteiger partial charge < -0.3 is 25.4 Å². The third-order valence-corrected chi connectivity index (χ3v) is 10.3. The second-order valence-corrected chi connectivity index (χ2v) is 15.5. The van der Waals surface area contributed by atoms with Crippen LogP contribution in [-0.2, 0) is 14.3 Å². The summed E-state index contributed by atoms with van der Waals surface area (Å²) < 4.78 is 6.47. The number of allylic oxidation sites excluding steroid dienone is 3. The molecule has 0 aromatic rings. The van der Waals surface area contributed by atoms with Crippen molar-refractivity contribution in [2.45, 2.75) is 157 Å². The van der Waals surface area contributed by atoms with Crippen LogP contribution in [0.5, 0.6) is 0 Å². The van der Waals surface area contributed by atoms with Crippen LogP contribution in [-0.4, -0.2) is 89.4 Å². The first-order valence-corrected chi connectivity index (χ1v) is 20.5. The fraction of sp³-hybridized carbons (Fsp3) is 0.738. The molecule has 0 radical (unpaired) electrons. The summed E-state index contributed by atoms with van der Waals surface area (Å²) in [4.78, 5) is 37.3. The van der Waals surface area contributed by atoms with Gasteiger partial charge in [-0.3, -0.25) is 19.5 Å². The molecule has 298 valence electrons. The van der Waals surface area contributed by atoms with E-state index in [1.165, 1.54) is 0 Å². The van der Waals surface area contributed by atoms with E-state index in [-0.39, 0.29) is 59.6 Å². The number of carbonyl (C=O) groups excluding carboxylic acids is 2. The van der Waals surface area contributed by atoms with Crippen LogP contribution in [0.3, 0.4) is 0 Å². The van der Waals surface area contributed by atoms with Gasteiger partial charge in [0.1, 0.15) is 11.8 Å². The second-order valence-electron chi connectivity index (χ2n) is 15.2. The molecule has 3 N–H and O–H groups in total. The molecular weight excluding hydrogens is 671 g/mol. The average Bonchev–Trinajstić information content (AvgIpc) is 3.10. The number of hydrogen-bond acceptors (Lipinski definition) is 8. The Hall–Kier alpha value is -2.56. The van der Waals surface area contributed by atoms with Gasteiger partial charge in [0.25, 0.3) is 0 Å². The van der Waals surface area contributed by atoms with E-state index in [1.807, 2.05) is 31.9 Å². The van der Waals surface area contributed by atoms with Gasteiger partial charge in [0.2, 0.25) is 11.8 Å². The first-order chi connectivity index (χ1) is 24.6. The zero-order valence-corrected chi connectivity index (χ0v) is 35.5. The topological polar surface area (TPSA) is 106 Å². The summed E-state index contributed by atoms with van der Waals surface area (Å²) in [5.74, 6) is 0.591. The first-order valence-electron chi connectivity index (χ1n) is 20.0. The number of nitrogens with zero attached hydrogens (tertiary/aromatic N) is 3. The Balaban J connectivity index is 3.30. The summed E-state index contributed by atoms with van der Waals surface area (Å²) in [7, 11) is 2.00. The van der Waals surface area contributed by atoms with E-state index in [0.29, 0.717) is 31.0 Å². The molecule has 0 aliphatic carbocycles. The number of nitrogens with one attached hydrogen (secondary N) is 2. The molecular formula is C42H75N5O4S. The van der Waals surface area contributed by atoms with Crippen LogP contribution in [0.4, 0.5) is 0 Å². The maximum absolute atomic E-state index is 14.6. The van der Waals surface area contributed by atoms with Crippen molar-refractivity contribution >= 4 is 30.2 Å². The summed E-state index contributed by atoms with van der Waals surface area (Å²) in [6.07, 6.45) is 12.8. The first kappa shape index (κ1) is 47.5. The summed E-state index contributed by atoms with van der Waals surface area (Å²) in [5, 5.41) is 18.3. The minimum atomic E-state index is -0.600. The van der Waals surface area contributed by atoms with E-state index in [1.54, 1.807) is 17.6 Å². The fourth-order valence-electron chi connectivity index (χ4n) is 6.84. The van der Waals surface area contributed by atoms with E-state index in [4.69, 9.17) is 9.73 Å². The highest BCUT2D eigenvalue weighted by atomic mass is 32.1. The van der Waals surface area contributed by atoms with Gasteiger partial charge in [0.15, 0.2) is 0 Å². The van der Waals surface area contributed by atoms with Crippen molar-refractivity contribution in [2.24, 2.45) is 22.7 Å². The van der Waals surface area contributed by atoms with Crippen LogP contribution in [0.1, 0.15) is 127 Å². The number of rotatable bonds is 24. The molecule has 1 heterocycles. The molecule has 1 aliphatic rings. The lowest BCUT2D eigenvalue weighted by Gasteiger charge is -2.40. The molecule has 0 bridgehead atoms. The van der Waals surface area contributed by atoms with Gasteiger partial charge >= 0.3 is 0 Å². The van der Waals surface area contributed by atoms with E-state index >= 15 is 0 Å². The molecule has 5 unspecified atom stereocenters. The van der Waals surface area contributed by atoms with Crippen LogP contribution in [0.25, 0.3) is 0 Å². The zero-order chi connectivity index (χ0) is 39.4. The molecule has 1 fully saturated rings. The smallest absolute Gasteiger partial charge is 0.245 e. The minimum absolute atomic E-state index is 0.0130.